The van der Waals surface area contributed by atoms with Crippen LogP contribution in [0, 0.1) is 0 Å². The number of piperidine rings is 1. The molecule has 1 atom stereocenters. The first kappa shape index (κ1) is 15.7. The van der Waals surface area contributed by atoms with Crippen molar-refractivity contribution in [3.05, 3.63) is 35.9 Å². The summed E-state index contributed by atoms with van der Waals surface area (Å²) in [7, 11) is 0. The largest absolute Gasteiger partial charge is 0.341 e. The van der Waals surface area contributed by atoms with Gasteiger partial charge in [-0.3, -0.25) is 9.59 Å². The molecule has 0 saturated carbocycles. The zero-order valence-corrected chi connectivity index (χ0v) is 12.7. The topological polar surface area (TPSA) is 50.6 Å². The monoisotopic (exact) mass is 289 g/mol. The Morgan fingerprint density at radius 3 is 2.43 bits per heavy atom. The maximum atomic E-state index is 12.1. The molecule has 114 valence electrons. The quantitative estimate of drug-likeness (QED) is 0.795. The van der Waals surface area contributed by atoms with Crippen molar-refractivity contribution in [1.82, 2.24) is 5.32 Å². The van der Waals surface area contributed by atoms with Crippen molar-refractivity contribution in [2.24, 2.45) is 0 Å². The van der Waals surface area contributed by atoms with Gasteiger partial charge in [0.15, 0.2) is 12.3 Å². The molecular formula is C17H25N2O2+. The molecule has 0 unspecified atom stereocenters. The molecule has 1 amide bonds. The maximum absolute atomic E-state index is 12.1. The fourth-order valence-corrected chi connectivity index (χ4v) is 2.85. The van der Waals surface area contributed by atoms with Gasteiger partial charge >= 0.3 is 0 Å². The average Bonchev–Trinajstić information content (AvgIpc) is 2.48. The zero-order chi connectivity index (χ0) is 15.1. The zero-order valence-electron chi connectivity index (χ0n) is 12.7. The summed E-state index contributed by atoms with van der Waals surface area (Å²) in [5, 5.41) is 2.90. The first-order chi connectivity index (χ1) is 10.1. The molecule has 0 aliphatic carbocycles. The predicted octanol–water partition coefficient (Wildman–Crippen LogP) is 0.372. The van der Waals surface area contributed by atoms with Crippen LogP contribution in [0.1, 0.15) is 31.7 Å². The highest BCUT2D eigenvalue weighted by atomic mass is 16.2. The van der Waals surface area contributed by atoms with Crippen LogP contribution in [0.3, 0.4) is 0 Å². The van der Waals surface area contributed by atoms with E-state index < -0.39 is 6.04 Å². The van der Waals surface area contributed by atoms with Gasteiger partial charge in [-0.1, -0.05) is 30.3 Å². The Balaban J connectivity index is 1.86. The van der Waals surface area contributed by atoms with Crippen LogP contribution in [0.25, 0.3) is 0 Å². The number of amides is 1. The standard InChI is InChI=1S/C17H24N2O2/c1-14(20)16(12-15-8-4-2-5-9-15)18-17(21)13-19-10-6-3-7-11-19/h2,4-5,8-9,16H,3,6-7,10-13H2,1H3,(H,18,21)/p+1/t16-/m0/s1. The minimum atomic E-state index is -0.413. The Morgan fingerprint density at radius 1 is 1.14 bits per heavy atom. The molecule has 1 fully saturated rings. The lowest BCUT2D eigenvalue weighted by Crippen LogP contribution is -3.14. The van der Waals surface area contributed by atoms with Crippen molar-refractivity contribution < 1.29 is 14.5 Å². The highest BCUT2D eigenvalue weighted by Gasteiger charge is 2.22. The Bertz CT molecular complexity index is 467. The Hall–Kier alpha value is -1.68. The van der Waals surface area contributed by atoms with Crippen LogP contribution in [-0.4, -0.2) is 37.4 Å². The van der Waals surface area contributed by atoms with E-state index in [0.29, 0.717) is 13.0 Å². The van der Waals surface area contributed by atoms with E-state index in [1.54, 1.807) is 6.92 Å². The number of rotatable bonds is 6. The van der Waals surface area contributed by atoms with Crippen LogP contribution in [0.2, 0.25) is 0 Å². The number of Topliss-reactive ketones (excluding diaryl/α,β-unsaturated/α-hetero) is 1. The summed E-state index contributed by atoms with van der Waals surface area (Å²) >= 11 is 0. The van der Waals surface area contributed by atoms with Crippen LogP contribution in [0.5, 0.6) is 0 Å². The molecule has 21 heavy (non-hydrogen) atoms. The van der Waals surface area contributed by atoms with Crippen LogP contribution < -0.4 is 10.2 Å². The fraction of sp³-hybridized carbons (Fsp3) is 0.529. The number of hydrogen-bond acceptors (Lipinski definition) is 2. The van der Waals surface area contributed by atoms with Gasteiger partial charge in [-0.15, -0.1) is 0 Å². The summed E-state index contributed by atoms with van der Waals surface area (Å²) in [5.74, 6) is 0.00359. The molecule has 0 bridgehead atoms. The molecule has 4 heteroatoms. The van der Waals surface area contributed by atoms with Crippen molar-refractivity contribution in [3.63, 3.8) is 0 Å². The minimum Gasteiger partial charge on any atom is -0.341 e. The van der Waals surface area contributed by atoms with Crippen molar-refractivity contribution in [1.29, 1.82) is 0 Å². The van der Waals surface area contributed by atoms with E-state index in [0.717, 1.165) is 18.7 Å². The highest BCUT2D eigenvalue weighted by Crippen LogP contribution is 2.04. The van der Waals surface area contributed by atoms with Gasteiger partial charge in [0, 0.05) is 0 Å². The molecule has 2 N–H and O–H groups in total. The second-order valence-corrected chi connectivity index (χ2v) is 5.91. The Labute approximate surface area is 126 Å². The third-order valence-electron chi connectivity index (χ3n) is 4.08. The summed E-state index contributed by atoms with van der Waals surface area (Å²) in [6.45, 7) is 4.16. The van der Waals surface area contributed by atoms with E-state index >= 15 is 0 Å². The molecule has 1 aliphatic rings. The maximum Gasteiger partial charge on any atom is 0.275 e. The summed E-state index contributed by atoms with van der Waals surface area (Å²) in [5.41, 5.74) is 1.07. The normalized spacial score (nSPS) is 17.2. The van der Waals surface area contributed by atoms with Gasteiger partial charge in [0.2, 0.25) is 0 Å². The van der Waals surface area contributed by atoms with Crippen LogP contribution in [0.15, 0.2) is 30.3 Å². The van der Waals surface area contributed by atoms with Gasteiger partial charge in [0.05, 0.1) is 19.1 Å². The van der Waals surface area contributed by atoms with Crippen molar-refractivity contribution >= 4 is 11.7 Å². The third-order valence-corrected chi connectivity index (χ3v) is 4.08. The van der Waals surface area contributed by atoms with E-state index in [4.69, 9.17) is 0 Å². The first-order valence-electron chi connectivity index (χ1n) is 7.82. The molecule has 1 heterocycles. The number of ketones is 1. The summed E-state index contributed by atoms with van der Waals surface area (Å²) in [4.78, 5) is 25.2. The van der Waals surface area contributed by atoms with Gasteiger partial charge in [-0.05, 0) is 38.2 Å². The van der Waals surface area contributed by atoms with E-state index in [2.05, 4.69) is 5.32 Å². The summed E-state index contributed by atoms with van der Waals surface area (Å²) < 4.78 is 0. The molecule has 0 spiro atoms. The summed E-state index contributed by atoms with van der Waals surface area (Å²) in [6.07, 6.45) is 4.23. The van der Waals surface area contributed by atoms with Gasteiger partial charge < -0.3 is 10.2 Å². The van der Waals surface area contributed by atoms with Crippen LogP contribution in [0.4, 0.5) is 0 Å². The summed E-state index contributed by atoms with van der Waals surface area (Å²) in [6, 6.07) is 9.41. The molecule has 2 rings (SSSR count). The molecule has 0 aromatic heterocycles. The second kappa shape index (κ2) is 7.93. The number of likely N-dealkylation sites (tertiary alicyclic amines) is 1. The fourth-order valence-electron chi connectivity index (χ4n) is 2.85. The molecular weight excluding hydrogens is 264 g/mol. The number of quaternary nitrogens is 1. The number of carbonyl (C=O) groups is 2. The first-order valence-corrected chi connectivity index (χ1v) is 7.82. The lowest BCUT2D eigenvalue weighted by atomic mass is 10.0. The lowest BCUT2D eigenvalue weighted by molar-refractivity contribution is -0.896. The van der Waals surface area contributed by atoms with Gasteiger partial charge in [0.25, 0.3) is 5.91 Å². The Morgan fingerprint density at radius 2 is 1.81 bits per heavy atom. The van der Waals surface area contributed by atoms with Crippen molar-refractivity contribution in [2.45, 2.75) is 38.6 Å². The number of nitrogens with one attached hydrogen (secondary N) is 2. The predicted molar refractivity (Wildman–Crippen MR) is 82.2 cm³/mol. The minimum absolute atomic E-state index is 0.0111. The molecule has 1 aromatic carbocycles. The lowest BCUT2D eigenvalue weighted by Gasteiger charge is -2.24. The third kappa shape index (κ3) is 5.31. The van der Waals surface area contributed by atoms with Crippen LogP contribution in [-0.2, 0) is 16.0 Å². The number of hydrogen-bond donors (Lipinski definition) is 2. The molecule has 0 radical (unpaired) electrons. The van der Waals surface area contributed by atoms with Crippen molar-refractivity contribution in [3.8, 4) is 0 Å². The average molecular weight is 289 g/mol. The van der Waals surface area contributed by atoms with E-state index in [-0.39, 0.29) is 11.7 Å². The SMILES string of the molecule is CC(=O)[C@H](Cc1ccccc1)NC(=O)C[NH+]1CCCCC1. The number of carbonyl (C=O) groups excluding carboxylic acids is 2. The van der Waals surface area contributed by atoms with Crippen molar-refractivity contribution in [2.75, 3.05) is 19.6 Å². The molecule has 1 aliphatic heterocycles. The smallest absolute Gasteiger partial charge is 0.275 e. The molecule has 1 aromatic rings. The second-order valence-electron chi connectivity index (χ2n) is 5.91. The van der Waals surface area contributed by atoms with Crippen LogP contribution >= 0.6 is 0 Å². The van der Waals surface area contributed by atoms with E-state index in [1.807, 2.05) is 30.3 Å². The van der Waals surface area contributed by atoms with E-state index in [9.17, 15) is 9.59 Å². The van der Waals surface area contributed by atoms with Gasteiger partial charge in [-0.2, -0.15) is 0 Å². The van der Waals surface area contributed by atoms with E-state index in [1.165, 1.54) is 24.2 Å². The molecule has 1 saturated heterocycles. The Kier molecular flexibility index (Phi) is 5.93. The number of benzene rings is 1. The van der Waals surface area contributed by atoms with Gasteiger partial charge in [0.1, 0.15) is 0 Å². The molecule has 4 nitrogen and oxygen atoms in total. The van der Waals surface area contributed by atoms with Gasteiger partial charge in [-0.25, -0.2) is 0 Å². The highest BCUT2D eigenvalue weighted by molar-refractivity contribution is 5.88.